The van der Waals surface area contributed by atoms with Crippen LogP contribution in [0, 0.1) is 17.5 Å². The molecule has 1 fully saturated rings. The highest BCUT2D eigenvalue weighted by molar-refractivity contribution is 7.92. The molecular weight excluding hydrogens is 293 g/mol. The molecule has 20 heavy (non-hydrogen) atoms. The van der Waals surface area contributed by atoms with E-state index in [2.05, 4.69) is 5.32 Å². The summed E-state index contributed by atoms with van der Waals surface area (Å²) in [7, 11) is -3.86. The summed E-state index contributed by atoms with van der Waals surface area (Å²) in [5.74, 6) is -3.91. The Balaban J connectivity index is 1.93. The third-order valence-electron chi connectivity index (χ3n) is 2.86. The van der Waals surface area contributed by atoms with E-state index in [1.807, 2.05) is 4.72 Å². The standard InChI is InChI=1S/C12H15F3N2O2S/c13-8-6-10(14)12(11(15)7-8)17-20(18,19)5-1-4-16-9-2-3-9/h6-7,9,16-17H,1-5H2. The van der Waals surface area contributed by atoms with E-state index in [-0.39, 0.29) is 5.75 Å². The van der Waals surface area contributed by atoms with Crippen LogP contribution < -0.4 is 10.0 Å². The van der Waals surface area contributed by atoms with Gasteiger partial charge in [-0.1, -0.05) is 0 Å². The fourth-order valence-corrected chi connectivity index (χ4v) is 2.83. The van der Waals surface area contributed by atoms with Gasteiger partial charge in [0.2, 0.25) is 10.0 Å². The van der Waals surface area contributed by atoms with Crippen molar-refractivity contribution in [1.82, 2.24) is 5.32 Å². The molecule has 1 aliphatic carbocycles. The van der Waals surface area contributed by atoms with Crippen LogP contribution in [0.15, 0.2) is 12.1 Å². The highest BCUT2D eigenvalue weighted by Gasteiger charge is 2.21. The zero-order valence-electron chi connectivity index (χ0n) is 10.6. The topological polar surface area (TPSA) is 58.2 Å². The number of hydrogen-bond acceptors (Lipinski definition) is 3. The molecule has 0 heterocycles. The number of anilines is 1. The lowest BCUT2D eigenvalue weighted by atomic mass is 10.3. The van der Waals surface area contributed by atoms with Crippen LogP contribution in [0.2, 0.25) is 0 Å². The van der Waals surface area contributed by atoms with Gasteiger partial charge in [-0.25, -0.2) is 21.6 Å². The van der Waals surface area contributed by atoms with Gasteiger partial charge in [0.25, 0.3) is 0 Å². The molecule has 0 bridgehead atoms. The molecule has 4 nitrogen and oxygen atoms in total. The maximum Gasteiger partial charge on any atom is 0.232 e. The first-order valence-electron chi connectivity index (χ1n) is 6.26. The van der Waals surface area contributed by atoms with Gasteiger partial charge in [0.1, 0.15) is 11.5 Å². The van der Waals surface area contributed by atoms with Gasteiger partial charge in [-0.2, -0.15) is 0 Å². The summed E-state index contributed by atoms with van der Waals surface area (Å²) in [4.78, 5) is 0. The predicted molar refractivity (Wildman–Crippen MR) is 69.4 cm³/mol. The fraction of sp³-hybridized carbons (Fsp3) is 0.500. The van der Waals surface area contributed by atoms with E-state index < -0.39 is 33.2 Å². The smallest absolute Gasteiger partial charge is 0.232 e. The van der Waals surface area contributed by atoms with Crippen molar-refractivity contribution in [2.45, 2.75) is 25.3 Å². The summed E-state index contributed by atoms with van der Waals surface area (Å²) < 4.78 is 64.5. The van der Waals surface area contributed by atoms with E-state index in [0.717, 1.165) is 12.8 Å². The molecule has 1 aromatic carbocycles. The van der Waals surface area contributed by atoms with Gasteiger partial charge in [-0.05, 0) is 25.8 Å². The van der Waals surface area contributed by atoms with E-state index >= 15 is 0 Å². The molecule has 0 saturated heterocycles. The van der Waals surface area contributed by atoms with Gasteiger partial charge in [0, 0.05) is 18.2 Å². The van der Waals surface area contributed by atoms with Gasteiger partial charge in [0.05, 0.1) is 5.75 Å². The third-order valence-corrected chi connectivity index (χ3v) is 4.21. The lowest BCUT2D eigenvalue weighted by Crippen LogP contribution is -2.24. The van der Waals surface area contributed by atoms with Crippen molar-refractivity contribution in [3.05, 3.63) is 29.6 Å². The van der Waals surface area contributed by atoms with Gasteiger partial charge in [-0.15, -0.1) is 0 Å². The summed E-state index contributed by atoms with van der Waals surface area (Å²) in [6.45, 7) is 0.528. The third kappa shape index (κ3) is 4.38. The van der Waals surface area contributed by atoms with Crippen LogP contribution in [0.4, 0.5) is 18.9 Å². The minimum Gasteiger partial charge on any atom is -0.314 e. The highest BCUT2D eigenvalue weighted by atomic mass is 32.2. The zero-order valence-corrected chi connectivity index (χ0v) is 11.4. The van der Waals surface area contributed by atoms with Crippen LogP contribution in [0.25, 0.3) is 0 Å². The largest absolute Gasteiger partial charge is 0.314 e. The van der Waals surface area contributed by atoms with Crippen LogP contribution in [0.5, 0.6) is 0 Å². The predicted octanol–water partition coefficient (Wildman–Crippen LogP) is 1.99. The Morgan fingerprint density at radius 3 is 2.30 bits per heavy atom. The molecule has 1 aliphatic rings. The second-order valence-corrected chi connectivity index (χ2v) is 6.59. The van der Waals surface area contributed by atoms with Crippen molar-refractivity contribution in [2.75, 3.05) is 17.0 Å². The average molecular weight is 308 g/mol. The lowest BCUT2D eigenvalue weighted by Gasteiger charge is -2.10. The zero-order chi connectivity index (χ0) is 14.8. The molecule has 2 rings (SSSR count). The Labute approximate surface area is 115 Å². The Morgan fingerprint density at radius 2 is 1.75 bits per heavy atom. The molecule has 112 valence electrons. The van der Waals surface area contributed by atoms with Gasteiger partial charge >= 0.3 is 0 Å². The number of sulfonamides is 1. The Kier molecular flexibility index (Phi) is 4.54. The van der Waals surface area contributed by atoms with Crippen molar-refractivity contribution in [3.63, 3.8) is 0 Å². The fourth-order valence-electron chi connectivity index (χ4n) is 1.70. The number of benzene rings is 1. The van der Waals surface area contributed by atoms with Crippen molar-refractivity contribution in [2.24, 2.45) is 0 Å². The van der Waals surface area contributed by atoms with Gasteiger partial charge < -0.3 is 5.32 Å². The maximum absolute atomic E-state index is 13.3. The summed E-state index contributed by atoms with van der Waals surface area (Å²) in [6.07, 6.45) is 2.52. The van der Waals surface area contributed by atoms with Crippen LogP contribution >= 0.6 is 0 Å². The van der Waals surface area contributed by atoms with Crippen LogP contribution in [-0.4, -0.2) is 26.8 Å². The van der Waals surface area contributed by atoms with Crippen LogP contribution in [0.3, 0.4) is 0 Å². The first-order chi connectivity index (χ1) is 9.37. The van der Waals surface area contributed by atoms with Crippen molar-refractivity contribution in [1.29, 1.82) is 0 Å². The molecule has 0 amide bonds. The Hall–Kier alpha value is -1.28. The maximum atomic E-state index is 13.3. The van der Waals surface area contributed by atoms with E-state index in [1.165, 1.54) is 0 Å². The highest BCUT2D eigenvalue weighted by Crippen LogP contribution is 2.21. The second kappa shape index (κ2) is 6.01. The van der Waals surface area contributed by atoms with E-state index in [4.69, 9.17) is 0 Å². The van der Waals surface area contributed by atoms with Crippen LogP contribution in [-0.2, 0) is 10.0 Å². The van der Waals surface area contributed by atoms with E-state index in [0.29, 0.717) is 31.1 Å². The van der Waals surface area contributed by atoms with E-state index in [1.54, 1.807) is 0 Å². The SMILES string of the molecule is O=S(=O)(CCCNC1CC1)Nc1c(F)cc(F)cc1F. The van der Waals surface area contributed by atoms with Gasteiger partial charge in [-0.3, -0.25) is 4.72 Å². The monoisotopic (exact) mass is 308 g/mol. The first kappa shape index (κ1) is 15.1. The summed E-state index contributed by atoms with van der Waals surface area (Å²) >= 11 is 0. The molecule has 0 aromatic heterocycles. The van der Waals surface area contributed by atoms with E-state index in [9.17, 15) is 21.6 Å². The molecule has 1 aromatic rings. The molecule has 0 aliphatic heterocycles. The van der Waals surface area contributed by atoms with Crippen molar-refractivity contribution < 1.29 is 21.6 Å². The average Bonchev–Trinajstić information content (AvgIpc) is 3.13. The van der Waals surface area contributed by atoms with Crippen LogP contribution in [0.1, 0.15) is 19.3 Å². The van der Waals surface area contributed by atoms with Gasteiger partial charge in [0.15, 0.2) is 11.6 Å². The number of hydrogen-bond donors (Lipinski definition) is 2. The molecule has 0 atom stereocenters. The number of rotatable bonds is 7. The molecule has 2 N–H and O–H groups in total. The molecule has 0 unspecified atom stereocenters. The molecule has 0 spiro atoms. The summed E-state index contributed by atoms with van der Waals surface area (Å²) in [6, 6.07) is 1.32. The quantitative estimate of drug-likeness (QED) is 0.757. The number of halogens is 3. The molecular formula is C12H15F3N2O2S. The summed E-state index contributed by atoms with van der Waals surface area (Å²) in [5, 5.41) is 3.13. The Bertz CT molecular complexity index is 565. The minimum atomic E-state index is -3.86. The first-order valence-corrected chi connectivity index (χ1v) is 7.91. The summed E-state index contributed by atoms with van der Waals surface area (Å²) in [5.41, 5.74) is -0.846. The van der Waals surface area contributed by atoms with Crippen molar-refractivity contribution in [3.8, 4) is 0 Å². The molecule has 1 saturated carbocycles. The normalized spacial score (nSPS) is 15.3. The molecule has 0 radical (unpaired) electrons. The second-order valence-electron chi connectivity index (χ2n) is 4.75. The molecule has 8 heteroatoms. The Morgan fingerprint density at radius 1 is 1.15 bits per heavy atom. The van der Waals surface area contributed by atoms with Crippen molar-refractivity contribution >= 4 is 15.7 Å². The lowest BCUT2D eigenvalue weighted by molar-refractivity contribution is 0.547. The minimum absolute atomic E-state index is 0.261. The number of nitrogens with one attached hydrogen (secondary N) is 2.